The summed E-state index contributed by atoms with van der Waals surface area (Å²) < 4.78 is 86.6. The number of carbonyl (C=O) groups is 4. The lowest BCUT2D eigenvalue weighted by Crippen LogP contribution is -2.58. The second kappa shape index (κ2) is 15.7. The Bertz CT molecular complexity index is 2010. The number of alkyl halides is 3. The number of benzene rings is 1. The zero-order valence-electron chi connectivity index (χ0n) is 31.6. The Morgan fingerprint density at radius 1 is 1.11 bits per heavy atom. The van der Waals surface area contributed by atoms with E-state index < -0.39 is 92.5 Å². The van der Waals surface area contributed by atoms with Crippen LogP contribution in [0.25, 0.3) is 11.0 Å². The Morgan fingerprint density at radius 2 is 1.86 bits per heavy atom. The monoisotopic (exact) mass is 808 g/mol. The molecule has 1 aromatic carbocycles. The van der Waals surface area contributed by atoms with Gasteiger partial charge in [0.2, 0.25) is 33.4 Å². The number of sulfonamides is 1. The zero-order valence-corrected chi connectivity index (χ0v) is 32.4. The number of nitrogens with one attached hydrogen (secondary N) is 3. The fraction of sp³-hybridized carbons (Fsp3) is 0.622. The molecule has 0 unspecified atom stereocenters. The normalized spacial score (nSPS) is 27.2. The molecule has 4 aliphatic rings. The van der Waals surface area contributed by atoms with Crippen LogP contribution < -0.4 is 24.8 Å². The van der Waals surface area contributed by atoms with Crippen molar-refractivity contribution < 1.29 is 55.0 Å². The maximum atomic E-state index is 14.4. The molecule has 2 aliphatic heterocycles. The average molecular weight is 809 g/mol. The van der Waals surface area contributed by atoms with Crippen molar-refractivity contribution in [3.63, 3.8) is 0 Å². The van der Waals surface area contributed by atoms with E-state index in [4.69, 9.17) is 14.2 Å². The van der Waals surface area contributed by atoms with Crippen LogP contribution in [0.15, 0.2) is 30.4 Å². The second-order valence-corrected chi connectivity index (χ2v) is 17.8. The van der Waals surface area contributed by atoms with Gasteiger partial charge in [-0.25, -0.2) is 23.2 Å². The highest BCUT2D eigenvalue weighted by Crippen LogP contribution is 2.47. The molecular weight excluding hydrogens is 762 g/mol. The molecule has 0 bridgehead atoms. The first-order valence-electron chi connectivity index (χ1n) is 18.7. The lowest BCUT2D eigenvalue weighted by Gasteiger charge is -2.30. The molecule has 15 nitrogen and oxygen atoms in total. The quantitative estimate of drug-likeness (QED) is 0.308. The van der Waals surface area contributed by atoms with Gasteiger partial charge in [0, 0.05) is 18.4 Å². The molecule has 3 fully saturated rings. The number of fused-ring (bicyclic) bond motifs is 3. The summed E-state index contributed by atoms with van der Waals surface area (Å²) in [5.74, 6) is -3.64. The first-order chi connectivity index (χ1) is 26.4. The molecule has 2 aliphatic carbocycles. The van der Waals surface area contributed by atoms with Gasteiger partial charge in [0.25, 0.3) is 5.91 Å². The highest BCUT2D eigenvalue weighted by atomic mass is 32.2. The summed E-state index contributed by atoms with van der Waals surface area (Å²) in [5.41, 5.74) is -3.14. The molecule has 4 amide bonds. The van der Waals surface area contributed by atoms with Crippen molar-refractivity contribution in [3.05, 3.63) is 36.0 Å². The summed E-state index contributed by atoms with van der Waals surface area (Å²) in [6.07, 6.45) is -0.390. The third-order valence-electron chi connectivity index (χ3n) is 10.7. The zero-order chi connectivity index (χ0) is 40.6. The van der Waals surface area contributed by atoms with Gasteiger partial charge in [-0.05, 0) is 63.5 Å². The first kappa shape index (κ1) is 41.0. The SMILES string of the molecule is COc1ccc2nc(C(F)(F)F)c(O[C@@H]3C[C@H]4C(=O)N[C@]5(C(=O)NS(=O)(=O)C6(C)CC6)C[C@H]5/C=C\CCCCC[C@H](NC(=O)OCC(C)C)C(=O)N4C3)nc2c1. The summed E-state index contributed by atoms with van der Waals surface area (Å²) in [4.78, 5) is 64.3. The smallest absolute Gasteiger partial charge is 0.438 e. The number of amides is 4. The molecular formula is C37H47F3N6O9S. The maximum Gasteiger partial charge on any atom is 0.438 e. The highest BCUT2D eigenvalue weighted by Gasteiger charge is 2.63. The Hall–Kier alpha value is -4.68. The van der Waals surface area contributed by atoms with Gasteiger partial charge >= 0.3 is 12.3 Å². The van der Waals surface area contributed by atoms with Crippen LogP contribution in [0.2, 0.25) is 0 Å². The molecule has 19 heteroatoms. The van der Waals surface area contributed by atoms with E-state index in [1.807, 2.05) is 19.9 Å². The minimum Gasteiger partial charge on any atom is -0.497 e. The maximum absolute atomic E-state index is 14.4. The Kier molecular flexibility index (Phi) is 11.5. The van der Waals surface area contributed by atoms with Gasteiger partial charge in [-0.3, -0.25) is 19.1 Å². The van der Waals surface area contributed by atoms with Gasteiger partial charge in [0.1, 0.15) is 29.5 Å². The van der Waals surface area contributed by atoms with Crippen LogP contribution in [-0.2, 0) is 35.3 Å². The number of ether oxygens (including phenoxy) is 3. The number of carbonyl (C=O) groups excluding carboxylic acids is 4. The second-order valence-electron chi connectivity index (χ2n) is 15.6. The van der Waals surface area contributed by atoms with Gasteiger partial charge < -0.3 is 29.7 Å². The number of halogens is 3. The molecule has 0 spiro atoms. The number of hydrogen-bond donors (Lipinski definition) is 3. The molecule has 56 heavy (non-hydrogen) atoms. The fourth-order valence-corrected chi connectivity index (χ4v) is 8.25. The van der Waals surface area contributed by atoms with Crippen LogP contribution in [0.5, 0.6) is 11.6 Å². The molecule has 0 radical (unpaired) electrons. The van der Waals surface area contributed by atoms with Crippen LogP contribution in [0.4, 0.5) is 18.0 Å². The largest absolute Gasteiger partial charge is 0.497 e. The van der Waals surface area contributed by atoms with E-state index in [9.17, 15) is 40.8 Å². The number of rotatable bonds is 9. The van der Waals surface area contributed by atoms with Crippen LogP contribution in [0, 0.1) is 11.8 Å². The van der Waals surface area contributed by atoms with E-state index in [0.717, 1.165) is 4.90 Å². The number of hydrogen-bond acceptors (Lipinski definition) is 11. The molecule has 1 aromatic heterocycles. The molecule has 3 N–H and O–H groups in total. The van der Waals surface area contributed by atoms with E-state index in [1.165, 1.54) is 32.2 Å². The Morgan fingerprint density at radius 3 is 2.54 bits per heavy atom. The van der Waals surface area contributed by atoms with Gasteiger partial charge in [0.15, 0.2) is 0 Å². The minimum absolute atomic E-state index is 0.000719. The number of methoxy groups -OCH3 is 1. The standard InChI is InChI=1S/C37H47F3N6O9S/c1-21(2)20-54-34(50)43-26-11-9-7-5-6-8-10-22-18-36(22,33(49)45-56(51,52)35(3)14-15-35)44-30(47)28-17-24(19-46(28)32(26)48)55-31-29(37(38,39)40)41-25-13-12-23(53-4)16-27(25)42-31/h8,10,12-13,16,21-22,24,26,28H,5-7,9,11,14-15,17-20H2,1-4H3,(H,43,50)(H,44,47)(H,45,49)/b10-8-/t22-,24-,26+,28+,36-/m1/s1. The molecule has 2 aromatic rings. The summed E-state index contributed by atoms with van der Waals surface area (Å²) in [7, 11) is -2.71. The summed E-state index contributed by atoms with van der Waals surface area (Å²) in [5, 5.41) is 5.32. The van der Waals surface area contributed by atoms with Crippen molar-refractivity contribution in [2.24, 2.45) is 11.8 Å². The van der Waals surface area contributed by atoms with Crippen molar-refractivity contribution in [1.29, 1.82) is 0 Å². The number of allylic oxidation sites excluding steroid dienone is 1. The molecule has 2 saturated carbocycles. The van der Waals surface area contributed by atoms with Gasteiger partial charge in [0.05, 0.1) is 36.0 Å². The lowest BCUT2D eigenvalue weighted by atomic mass is 10.0. The minimum atomic E-state index is -5.00. The molecule has 3 heterocycles. The fourth-order valence-electron chi connectivity index (χ4n) is 6.94. The van der Waals surface area contributed by atoms with Crippen molar-refractivity contribution in [2.45, 2.75) is 113 Å². The van der Waals surface area contributed by atoms with Crippen LogP contribution in [-0.4, -0.2) is 95.8 Å². The highest BCUT2D eigenvalue weighted by molar-refractivity contribution is 7.91. The van der Waals surface area contributed by atoms with Crippen molar-refractivity contribution in [2.75, 3.05) is 20.3 Å². The third kappa shape index (κ3) is 8.81. The third-order valence-corrected chi connectivity index (χ3v) is 12.9. The molecule has 306 valence electrons. The number of nitrogens with zero attached hydrogens (tertiary/aromatic N) is 3. The average Bonchev–Trinajstić information content (AvgIpc) is 4.01. The van der Waals surface area contributed by atoms with Gasteiger partial charge in [-0.1, -0.05) is 38.8 Å². The summed E-state index contributed by atoms with van der Waals surface area (Å²) in [6.45, 7) is 4.87. The van der Waals surface area contributed by atoms with E-state index in [2.05, 4.69) is 25.3 Å². The van der Waals surface area contributed by atoms with Gasteiger partial charge in [-0.2, -0.15) is 13.2 Å². The van der Waals surface area contributed by atoms with E-state index >= 15 is 0 Å². The topological polar surface area (TPSA) is 195 Å². The van der Waals surface area contributed by atoms with E-state index in [1.54, 1.807) is 6.08 Å². The van der Waals surface area contributed by atoms with Crippen LogP contribution >= 0.6 is 0 Å². The lowest BCUT2D eigenvalue weighted by molar-refractivity contribution is -0.143. The van der Waals surface area contributed by atoms with E-state index in [-0.39, 0.29) is 42.8 Å². The van der Waals surface area contributed by atoms with Crippen molar-refractivity contribution >= 4 is 44.9 Å². The first-order valence-corrected chi connectivity index (χ1v) is 20.2. The Balaban J connectivity index is 1.34. The molecule has 5 atom stereocenters. The predicted octanol–water partition coefficient (Wildman–Crippen LogP) is 4.15. The number of aromatic nitrogens is 2. The predicted molar refractivity (Wildman–Crippen MR) is 195 cm³/mol. The molecule has 1 saturated heterocycles. The van der Waals surface area contributed by atoms with Crippen LogP contribution in [0.3, 0.4) is 0 Å². The Labute approximate surface area is 322 Å². The number of alkyl carbamates (subject to hydrolysis) is 1. The summed E-state index contributed by atoms with van der Waals surface area (Å²) >= 11 is 0. The summed E-state index contributed by atoms with van der Waals surface area (Å²) in [6, 6.07) is 1.54. The van der Waals surface area contributed by atoms with Gasteiger partial charge in [-0.15, -0.1) is 0 Å². The van der Waals surface area contributed by atoms with E-state index in [0.29, 0.717) is 44.3 Å². The van der Waals surface area contributed by atoms with Crippen molar-refractivity contribution in [3.8, 4) is 11.6 Å². The van der Waals surface area contributed by atoms with Crippen molar-refractivity contribution in [1.82, 2.24) is 30.2 Å². The van der Waals surface area contributed by atoms with Crippen LogP contribution in [0.1, 0.15) is 84.3 Å². The molecule has 6 rings (SSSR count).